The molecule has 1 aliphatic carbocycles. The molecule has 7 heteroatoms. The Morgan fingerprint density at radius 2 is 1.86 bits per heavy atom. The van der Waals surface area contributed by atoms with E-state index in [1.807, 2.05) is 44.2 Å². The number of ether oxygens (including phenoxy) is 2. The van der Waals surface area contributed by atoms with Gasteiger partial charge in [0.25, 0.3) is 5.91 Å². The lowest BCUT2D eigenvalue weighted by atomic mass is 10.0. The molecule has 1 amide bonds. The van der Waals surface area contributed by atoms with Crippen molar-refractivity contribution in [2.45, 2.75) is 27.2 Å². The minimum atomic E-state index is -0.496. The number of anilines is 1. The number of aryl methyl sites for hydroxylation is 1. The summed E-state index contributed by atoms with van der Waals surface area (Å²) in [5.74, 6) is -1.10. The number of rotatable bonds is 7. The van der Waals surface area contributed by atoms with Gasteiger partial charge in [0.05, 0.1) is 12.5 Å². The van der Waals surface area contributed by atoms with Crippen LogP contribution < -0.4 is 5.32 Å². The van der Waals surface area contributed by atoms with Crippen molar-refractivity contribution in [3.8, 4) is 11.1 Å². The molecule has 28 heavy (non-hydrogen) atoms. The molecule has 0 aliphatic heterocycles. The van der Waals surface area contributed by atoms with Crippen molar-refractivity contribution >= 4 is 34.2 Å². The second kappa shape index (κ2) is 8.56. The maximum Gasteiger partial charge on any atom is 0.341 e. The molecular formula is C21H23NO5S. The van der Waals surface area contributed by atoms with E-state index in [-0.39, 0.29) is 25.1 Å². The number of esters is 2. The molecule has 0 saturated heterocycles. The Bertz CT molecular complexity index is 890. The first-order valence-electron chi connectivity index (χ1n) is 9.24. The van der Waals surface area contributed by atoms with Gasteiger partial charge >= 0.3 is 11.9 Å². The van der Waals surface area contributed by atoms with Gasteiger partial charge in [-0.3, -0.25) is 9.59 Å². The first-order valence-corrected chi connectivity index (χ1v) is 10.1. The molecule has 1 N–H and O–H groups in total. The summed E-state index contributed by atoms with van der Waals surface area (Å²) >= 11 is 1.30. The van der Waals surface area contributed by atoms with Gasteiger partial charge in [-0.15, -0.1) is 11.3 Å². The lowest BCUT2D eigenvalue weighted by Crippen LogP contribution is -2.22. The number of hydrogen-bond acceptors (Lipinski definition) is 6. The van der Waals surface area contributed by atoms with E-state index in [4.69, 9.17) is 9.47 Å². The summed E-state index contributed by atoms with van der Waals surface area (Å²) < 4.78 is 10.3. The molecule has 1 saturated carbocycles. The summed E-state index contributed by atoms with van der Waals surface area (Å²) in [7, 11) is 0. The first-order chi connectivity index (χ1) is 13.4. The second-order valence-corrected chi connectivity index (χ2v) is 8.02. The topological polar surface area (TPSA) is 81.7 Å². The average Bonchev–Trinajstić information content (AvgIpc) is 3.31. The predicted octanol–water partition coefficient (Wildman–Crippen LogP) is 4.04. The van der Waals surface area contributed by atoms with E-state index >= 15 is 0 Å². The third-order valence-corrected chi connectivity index (χ3v) is 5.66. The van der Waals surface area contributed by atoms with Crippen molar-refractivity contribution in [1.29, 1.82) is 0 Å². The molecule has 3 rings (SSSR count). The molecule has 6 nitrogen and oxygen atoms in total. The number of hydrogen-bond donors (Lipinski definition) is 1. The highest BCUT2D eigenvalue weighted by atomic mass is 32.1. The van der Waals surface area contributed by atoms with E-state index in [1.165, 1.54) is 11.3 Å². The fourth-order valence-corrected chi connectivity index (χ4v) is 4.12. The van der Waals surface area contributed by atoms with Crippen molar-refractivity contribution in [3.05, 3.63) is 40.8 Å². The molecule has 1 aromatic heterocycles. The smallest absolute Gasteiger partial charge is 0.341 e. The van der Waals surface area contributed by atoms with Crippen molar-refractivity contribution < 1.29 is 23.9 Å². The zero-order chi connectivity index (χ0) is 20.3. The highest BCUT2D eigenvalue weighted by Gasteiger charge is 2.40. The molecule has 1 fully saturated rings. The summed E-state index contributed by atoms with van der Waals surface area (Å²) in [4.78, 5) is 37.6. The number of carbonyl (C=O) groups is 3. The number of carbonyl (C=O) groups excluding carboxylic acids is 3. The Morgan fingerprint density at radius 3 is 2.46 bits per heavy atom. The first kappa shape index (κ1) is 20.1. The second-order valence-electron chi connectivity index (χ2n) is 6.80. The molecule has 0 unspecified atom stereocenters. The van der Waals surface area contributed by atoms with Gasteiger partial charge in [-0.2, -0.15) is 0 Å². The maximum atomic E-state index is 12.6. The maximum absolute atomic E-state index is 12.6. The van der Waals surface area contributed by atoms with Gasteiger partial charge in [-0.05, 0) is 31.7 Å². The Balaban J connectivity index is 1.81. The summed E-state index contributed by atoms with van der Waals surface area (Å²) in [6.07, 6.45) is 0.804. The van der Waals surface area contributed by atoms with E-state index in [9.17, 15) is 14.4 Å². The van der Waals surface area contributed by atoms with Crippen LogP contribution in [0.2, 0.25) is 0 Å². The van der Waals surface area contributed by atoms with E-state index in [1.54, 1.807) is 6.92 Å². The van der Waals surface area contributed by atoms with Gasteiger partial charge in [0.15, 0.2) is 6.61 Å². The highest BCUT2D eigenvalue weighted by Crippen LogP contribution is 2.40. The van der Waals surface area contributed by atoms with Gasteiger partial charge in [-0.1, -0.05) is 37.3 Å². The van der Waals surface area contributed by atoms with Gasteiger partial charge < -0.3 is 14.8 Å². The molecular weight excluding hydrogens is 378 g/mol. The predicted molar refractivity (Wildman–Crippen MR) is 107 cm³/mol. The van der Waals surface area contributed by atoms with Gasteiger partial charge in [0.2, 0.25) is 0 Å². The van der Waals surface area contributed by atoms with Gasteiger partial charge in [0, 0.05) is 10.4 Å². The van der Waals surface area contributed by atoms with Crippen molar-refractivity contribution in [2.24, 2.45) is 11.8 Å². The standard InChI is InChI=1S/C21H23NO5S/c1-4-26-21(25)18-17(14-8-6-5-7-9-14)13(3)28-19(18)22-16(23)11-27-20(24)15-10-12(15)2/h5-9,12,15H,4,10-11H2,1-3H3,(H,22,23)/t12-,15-/m0/s1. The van der Waals surface area contributed by atoms with E-state index in [2.05, 4.69) is 5.32 Å². The van der Waals surface area contributed by atoms with Crippen LogP contribution in [0.3, 0.4) is 0 Å². The van der Waals surface area contributed by atoms with Crippen LogP contribution in [0.15, 0.2) is 30.3 Å². The monoisotopic (exact) mass is 401 g/mol. The highest BCUT2D eigenvalue weighted by molar-refractivity contribution is 7.17. The lowest BCUT2D eigenvalue weighted by molar-refractivity contribution is -0.148. The number of thiophene rings is 1. The van der Waals surface area contributed by atoms with Crippen LogP contribution in [0.5, 0.6) is 0 Å². The van der Waals surface area contributed by atoms with E-state index in [0.717, 1.165) is 22.4 Å². The fraction of sp³-hybridized carbons (Fsp3) is 0.381. The van der Waals surface area contributed by atoms with E-state index < -0.39 is 11.9 Å². The van der Waals surface area contributed by atoms with Crippen LogP contribution in [-0.2, 0) is 19.1 Å². The average molecular weight is 401 g/mol. The van der Waals surface area contributed by atoms with Crippen LogP contribution in [0.25, 0.3) is 11.1 Å². The van der Waals surface area contributed by atoms with Gasteiger partial charge in [0.1, 0.15) is 10.6 Å². The molecule has 2 aromatic rings. The molecule has 148 valence electrons. The summed E-state index contributed by atoms with van der Waals surface area (Å²) in [5, 5.41) is 3.11. The Hall–Kier alpha value is -2.67. The van der Waals surface area contributed by atoms with Crippen LogP contribution in [-0.4, -0.2) is 31.1 Å². The molecule has 1 heterocycles. The normalized spacial score (nSPS) is 17.7. The summed E-state index contributed by atoms with van der Waals surface area (Å²) in [5.41, 5.74) is 1.93. The van der Waals surface area contributed by atoms with Crippen LogP contribution in [0.1, 0.15) is 35.5 Å². The number of amides is 1. The molecule has 0 bridgehead atoms. The van der Waals surface area contributed by atoms with Crippen LogP contribution in [0, 0.1) is 18.8 Å². The van der Waals surface area contributed by atoms with Crippen molar-refractivity contribution in [2.75, 3.05) is 18.5 Å². The van der Waals surface area contributed by atoms with Gasteiger partial charge in [-0.25, -0.2) is 4.79 Å². The summed E-state index contributed by atoms with van der Waals surface area (Å²) in [6, 6.07) is 9.48. The minimum absolute atomic E-state index is 0.100. The molecule has 0 spiro atoms. The van der Waals surface area contributed by atoms with Crippen molar-refractivity contribution in [1.82, 2.24) is 0 Å². The number of nitrogens with one attached hydrogen (secondary N) is 1. The number of benzene rings is 1. The summed E-state index contributed by atoms with van der Waals surface area (Å²) in [6.45, 7) is 5.45. The minimum Gasteiger partial charge on any atom is -0.462 e. The molecule has 1 aliphatic rings. The quantitative estimate of drug-likeness (QED) is 0.708. The SMILES string of the molecule is CCOC(=O)c1c(NC(=O)COC(=O)[C@H]2C[C@@H]2C)sc(C)c1-c1ccccc1. The Morgan fingerprint density at radius 1 is 1.18 bits per heavy atom. The Kier molecular flexibility index (Phi) is 6.14. The van der Waals surface area contributed by atoms with Crippen LogP contribution >= 0.6 is 11.3 Å². The fourth-order valence-electron chi connectivity index (χ4n) is 3.04. The third kappa shape index (κ3) is 4.42. The van der Waals surface area contributed by atoms with Crippen molar-refractivity contribution in [3.63, 3.8) is 0 Å². The molecule has 1 aromatic carbocycles. The zero-order valence-electron chi connectivity index (χ0n) is 16.1. The lowest BCUT2D eigenvalue weighted by Gasteiger charge is -2.09. The van der Waals surface area contributed by atoms with E-state index in [0.29, 0.717) is 16.5 Å². The molecule has 2 atom stereocenters. The molecule has 0 radical (unpaired) electrons. The largest absolute Gasteiger partial charge is 0.462 e. The zero-order valence-corrected chi connectivity index (χ0v) is 16.9. The third-order valence-electron chi connectivity index (χ3n) is 4.64. The van der Waals surface area contributed by atoms with Crippen LogP contribution in [0.4, 0.5) is 5.00 Å². The Labute approximate surface area is 167 Å².